The van der Waals surface area contributed by atoms with Gasteiger partial charge in [0, 0.05) is 25.2 Å². The van der Waals surface area contributed by atoms with Gasteiger partial charge in [-0.25, -0.2) is 4.98 Å². The van der Waals surface area contributed by atoms with Gasteiger partial charge >= 0.3 is 0 Å². The lowest BCUT2D eigenvalue weighted by atomic mass is 9.93. The zero-order valence-corrected chi connectivity index (χ0v) is 9.63. The van der Waals surface area contributed by atoms with E-state index < -0.39 is 0 Å². The number of aliphatic hydroxyl groups excluding tert-OH is 1. The Morgan fingerprint density at radius 3 is 3.12 bits per heavy atom. The van der Waals surface area contributed by atoms with Crippen LogP contribution in [0.15, 0.2) is 18.3 Å². The highest BCUT2D eigenvalue weighted by Gasteiger charge is 2.24. The largest absolute Gasteiger partial charge is 0.396 e. The molecule has 0 aliphatic carbocycles. The molecule has 16 heavy (non-hydrogen) atoms. The van der Waals surface area contributed by atoms with Crippen LogP contribution in [0.3, 0.4) is 0 Å². The number of aromatic nitrogens is 1. The summed E-state index contributed by atoms with van der Waals surface area (Å²) < 4.78 is 0. The van der Waals surface area contributed by atoms with Gasteiger partial charge in [-0.1, -0.05) is 0 Å². The molecule has 3 N–H and O–H groups in total. The molecule has 1 aromatic heterocycles. The molecule has 4 heteroatoms. The Kier molecular flexibility index (Phi) is 3.29. The molecular weight excluding hydrogens is 202 g/mol. The highest BCUT2D eigenvalue weighted by molar-refractivity contribution is 5.62. The van der Waals surface area contributed by atoms with Gasteiger partial charge < -0.3 is 15.7 Å². The maximum Gasteiger partial charge on any atom is 0.151 e. The number of nitrogens with zero attached hydrogens (tertiary/aromatic N) is 2. The summed E-state index contributed by atoms with van der Waals surface area (Å²) >= 11 is 0. The van der Waals surface area contributed by atoms with E-state index in [1.807, 2.05) is 19.1 Å². The second-order valence-corrected chi connectivity index (χ2v) is 4.51. The molecule has 1 saturated heterocycles. The summed E-state index contributed by atoms with van der Waals surface area (Å²) in [7, 11) is 0. The van der Waals surface area contributed by atoms with E-state index in [0.29, 0.717) is 11.6 Å². The minimum absolute atomic E-state index is 0.257. The molecule has 0 unspecified atom stereocenters. The first-order valence-electron chi connectivity index (χ1n) is 5.82. The van der Waals surface area contributed by atoms with Crippen LogP contribution in [0.25, 0.3) is 0 Å². The fraction of sp³-hybridized carbons (Fsp3) is 0.583. The second-order valence-electron chi connectivity index (χ2n) is 4.51. The Labute approximate surface area is 96.1 Å². The van der Waals surface area contributed by atoms with Crippen molar-refractivity contribution in [3.8, 4) is 0 Å². The van der Waals surface area contributed by atoms with Crippen LogP contribution in [0.5, 0.6) is 0 Å². The number of anilines is 2. The average Bonchev–Trinajstić information content (AvgIpc) is 2.30. The number of pyridine rings is 1. The van der Waals surface area contributed by atoms with Crippen molar-refractivity contribution in [3.63, 3.8) is 0 Å². The van der Waals surface area contributed by atoms with Gasteiger partial charge in [-0.15, -0.1) is 0 Å². The van der Waals surface area contributed by atoms with E-state index >= 15 is 0 Å². The molecule has 2 atom stereocenters. The topological polar surface area (TPSA) is 62.4 Å². The molecule has 2 rings (SSSR count). The number of hydrogen-bond acceptors (Lipinski definition) is 4. The predicted molar refractivity (Wildman–Crippen MR) is 65.3 cm³/mol. The fourth-order valence-corrected chi connectivity index (χ4v) is 2.27. The Hall–Kier alpha value is -1.29. The van der Waals surface area contributed by atoms with Crippen molar-refractivity contribution in [1.29, 1.82) is 0 Å². The average molecular weight is 221 g/mol. The standard InChI is InChI=1S/C12H19N3O/c1-9(16)10-4-3-7-15(8-10)12-11(13)5-2-6-14-12/h2,5-6,9-10,16H,3-4,7-8,13H2,1H3/t9-,10-/m0/s1. The van der Waals surface area contributed by atoms with Crippen molar-refractivity contribution in [2.45, 2.75) is 25.9 Å². The lowest BCUT2D eigenvalue weighted by molar-refractivity contribution is 0.115. The molecule has 0 saturated carbocycles. The first kappa shape index (κ1) is 11.2. The highest BCUT2D eigenvalue weighted by Crippen LogP contribution is 2.26. The van der Waals surface area contributed by atoms with Crippen LogP contribution < -0.4 is 10.6 Å². The van der Waals surface area contributed by atoms with Crippen molar-refractivity contribution < 1.29 is 5.11 Å². The first-order valence-corrected chi connectivity index (χ1v) is 5.82. The van der Waals surface area contributed by atoms with Crippen molar-refractivity contribution in [1.82, 2.24) is 4.98 Å². The van der Waals surface area contributed by atoms with Gasteiger partial charge in [-0.3, -0.25) is 0 Å². The normalized spacial score (nSPS) is 23.1. The van der Waals surface area contributed by atoms with E-state index in [1.165, 1.54) is 0 Å². The van der Waals surface area contributed by atoms with Gasteiger partial charge in [-0.2, -0.15) is 0 Å². The molecule has 4 nitrogen and oxygen atoms in total. The van der Waals surface area contributed by atoms with Crippen LogP contribution in [0.1, 0.15) is 19.8 Å². The monoisotopic (exact) mass is 221 g/mol. The fourth-order valence-electron chi connectivity index (χ4n) is 2.27. The number of nitrogens with two attached hydrogens (primary N) is 1. The summed E-state index contributed by atoms with van der Waals surface area (Å²) in [6.45, 7) is 3.68. The van der Waals surface area contributed by atoms with Gasteiger partial charge in [0.05, 0.1) is 11.8 Å². The number of piperidine rings is 1. The minimum Gasteiger partial charge on any atom is -0.396 e. The number of aliphatic hydroxyl groups is 1. The Bertz CT molecular complexity index is 354. The van der Waals surface area contributed by atoms with Gasteiger partial charge in [0.15, 0.2) is 5.82 Å². The quantitative estimate of drug-likeness (QED) is 0.789. The van der Waals surface area contributed by atoms with Gasteiger partial charge in [0.1, 0.15) is 0 Å². The summed E-state index contributed by atoms with van der Waals surface area (Å²) in [5.41, 5.74) is 6.62. The van der Waals surface area contributed by atoms with E-state index in [1.54, 1.807) is 6.20 Å². The van der Waals surface area contributed by atoms with Crippen LogP contribution in [0.4, 0.5) is 11.5 Å². The Morgan fingerprint density at radius 2 is 2.44 bits per heavy atom. The molecule has 0 aromatic carbocycles. The molecule has 1 fully saturated rings. The van der Waals surface area contributed by atoms with E-state index in [9.17, 15) is 5.11 Å². The summed E-state index contributed by atoms with van der Waals surface area (Å²) in [6, 6.07) is 3.71. The highest BCUT2D eigenvalue weighted by atomic mass is 16.3. The van der Waals surface area contributed by atoms with Crippen LogP contribution in [0.2, 0.25) is 0 Å². The maximum absolute atomic E-state index is 9.63. The van der Waals surface area contributed by atoms with Crippen LogP contribution in [-0.4, -0.2) is 29.3 Å². The summed E-state index contributed by atoms with van der Waals surface area (Å²) in [5.74, 6) is 1.18. The zero-order chi connectivity index (χ0) is 11.5. The smallest absolute Gasteiger partial charge is 0.151 e. The Morgan fingerprint density at radius 1 is 1.62 bits per heavy atom. The number of rotatable bonds is 2. The number of nitrogen functional groups attached to an aromatic ring is 1. The lowest BCUT2D eigenvalue weighted by Gasteiger charge is -2.35. The van der Waals surface area contributed by atoms with Crippen molar-refractivity contribution >= 4 is 11.5 Å². The molecule has 88 valence electrons. The molecule has 0 bridgehead atoms. The van der Waals surface area contributed by atoms with Crippen molar-refractivity contribution in [2.75, 3.05) is 23.7 Å². The summed E-state index contributed by atoms with van der Waals surface area (Å²) in [6.07, 6.45) is 3.68. The van der Waals surface area contributed by atoms with Crippen LogP contribution >= 0.6 is 0 Å². The van der Waals surface area contributed by atoms with E-state index in [-0.39, 0.29) is 6.10 Å². The van der Waals surface area contributed by atoms with Gasteiger partial charge in [0.25, 0.3) is 0 Å². The third kappa shape index (κ3) is 2.27. The molecule has 1 aliphatic rings. The SMILES string of the molecule is C[C@H](O)[C@H]1CCCN(c2ncccc2N)C1. The van der Waals surface area contributed by atoms with E-state index in [0.717, 1.165) is 31.7 Å². The molecule has 2 heterocycles. The summed E-state index contributed by atoms with van der Waals surface area (Å²) in [5, 5.41) is 9.63. The van der Waals surface area contributed by atoms with Crippen molar-refractivity contribution in [2.24, 2.45) is 5.92 Å². The first-order chi connectivity index (χ1) is 7.68. The molecule has 1 aliphatic heterocycles. The molecular formula is C12H19N3O. The zero-order valence-electron chi connectivity index (χ0n) is 9.63. The number of hydrogen-bond donors (Lipinski definition) is 2. The van der Waals surface area contributed by atoms with E-state index in [2.05, 4.69) is 9.88 Å². The maximum atomic E-state index is 9.63. The van der Waals surface area contributed by atoms with Crippen LogP contribution in [-0.2, 0) is 0 Å². The minimum atomic E-state index is -0.257. The third-order valence-electron chi connectivity index (χ3n) is 3.26. The molecule has 0 amide bonds. The molecule has 0 spiro atoms. The van der Waals surface area contributed by atoms with Crippen molar-refractivity contribution in [3.05, 3.63) is 18.3 Å². The molecule has 1 aromatic rings. The van der Waals surface area contributed by atoms with E-state index in [4.69, 9.17) is 5.73 Å². The van der Waals surface area contributed by atoms with Gasteiger partial charge in [0.2, 0.25) is 0 Å². The Balaban J connectivity index is 2.13. The summed E-state index contributed by atoms with van der Waals surface area (Å²) in [4.78, 5) is 6.49. The van der Waals surface area contributed by atoms with Crippen LogP contribution in [0, 0.1) is 5.92 Å². The predicted octanol–water partition coefficient (Wildman–Crippen LogP) is 1.26. The lowest BCUT2D eigenvalue weighted by Crippen LogP contribution is -2.40. The van der Waals surface area contributed by atoms with Gasteiger partial charge in [-0.05, 0) is 31.9 Å². The third-order valence-corrected chi connectivity index (χ3v) is 3.26. The molecule has 0 radical (unpaired) electrons. The second kappa shape index (κ2) is 4.70.